The van der Waals surface area contributed by atoms with Crippen molar-refractivity contribution in [3.05, 3.63) is 29.3 Å². The van der Waals surface area contributed by atoms with E-state index in [0.717, 1.165) is 0 Å². The number of carbonyl (C=O) groups is 3. The van der Waals surface area contributed by atoms with Gasteiger partial charge in [-0.25, -0.2) is 4.79 Å². The Balaban J connectivity index is 2.06. The number of esters is 1. The number of nitrogens with zero attached hydrogens (tertiary/aromatic N) is 1. The summed E-state index contributed by atoms with van der Waals surface area (Å²) in [7, 11) is 1.26. The monoisotopic (exact) mass is 338 g/mol. The van der Waals surface area contributed by atoms with Crippen LogP contribution in [0.15, 0.2) is 24.3 Å². The highest BCUT2D eigenvalue weighted by molar-refractivity contribution is 6.30. The van der Waals surface area contributed by atoms with Crippen LogP contribution in [0.5, 0.6) is 0 Å². The van der Waals surface area contributed by atoms with Crippen LogP contribution in [0.3, 0.4) is 0 Å². The third-order valence-corrected chi connectivity index (χ3v) is 4.02. The van der Waals surface area contributed by atoms with Crippen LogP contribution in [0.25, 0.3) is 0 Å². The molecule has 6 nitrogen and oxygen atoms in total. The minimum atomic E-state index is -1.14. The Morgan fingerprint density at radius 3 is 2.48 bits per heavy atom. The molecule has 2 rings (SSSR count). The molecule has 1 aromatic rings. The molecule has 7 heteroatoms. The molecule has 23 heavy (non-hydrogen) atoms. The Labute approximate surface area is 139 Å². The van der Waals surface area contributed by atoms with Gasteiger partial charge in [-0.05, 0) is 38.1 Å². The predicted molar refractivity (Wildman–Crippen MR) is 86.1 cm³/mol. The fraction of sp³-hybridized carbons (Fsp3) is 0.438. The first-order chi connectivity index (χ1) is 10.7. The van der Waals surface area contributed by atoms with E-state index in [1.165, 1.54) is 7.11 Å². The molecule has 0 radical (unpaired) electrons. The Kier molecular flexibility index (Phi) is 4.94. The minimum absolute atomic E-state index is 0.103. The molecule has 0 spiro atoms. The number of hydrogen-bond donors (Lipinski definition) is 1. The van der Waals surface area contributed by atoms with Crippen LogP contribution in [-0.2, 0) is 19.1 Å². The highest BCUT2D eigenvalue weighted by atomic mass is 35.5. The summed E-state index contributed by atoms with van der Waals surface area (Å²) in [6.07, 6.45) is 0.103. The molecule has 1 aromatic carbocycles. The molecular weight excluding hydrogens is 320 g/mol. The zero-order chi connectivity index (χ0) is 17.2. The molecule has 0 aliphatic carbocycles. The molecule has 0 saturated carbocycles. The van der Waals surface area contributed by atoms with Gasteiger partial charge in [0, 0.05) is 23.7 Å². The topological polar surface area (TPSA) is 75.7 Å². The van der Waals surface area contributed by atoms with Crippen molar-refractivity contribution < 1.29 is 19.1 Å². The van der Waals surface area contributed by atoms with E-state index < -0.39 is 17.4 Å². The number of halogens is 1. The fourth-order valence-electron chi connectivity index (χ4n) is 2.47. The van der Waals surface area contributed by atoms with Crippen LogP contribution in [0.2, 0.25) is 5.02 Å². The van der Waals surface area contributed by atoms with Gasteiger partial charge in [0.15, 0.2) is 0 Å². The Morgan fingerprint density at radius 2 is 1.91 bits per heavy atom. The molecule has 1 aliphatic heterocycles. The summed E-state index contributed by atoms with van der Waals surface area (Å²) in [5, 5.41) is 3.22. The first-order valence-electron chi connectivity index (χ1n) is 7.21. The minimum Gasteiger partial charge on any atom is -0.467 e. The van der Waals surface area contributed by atoms with Crippen molar-refractivity contribution in [1.82, 2.24) is 5.32 Å². The molecular formula is C16H19ClN2O4. The molecule has 2 amide bonds. The van der Waals surface area contributed by atoms with Gasteiger partial charge in [0.2, 0.25) is 11.8 Å². The zero-order valence-electron chi connectivity index (χ0n) is 13.3. The van der Waals surface area contributed by atoms with Crippen molar-refractivity contribution >= 4 is 35.1 Å². The number of ether oxygens (including phenoxy) is 1. The smallest absolute Gasteiger partial charge is 0.330 e. The molecule has 0 bridgehead atoms. The number of hydrogen-bond acceptors (Lipinski definition) is 4. The molecule has 0 aromatic heterocycles. The lowest BCUT2D eigenvalue weighted by atomic mass is 10.0. The van der Waals surface area contributed by atoms with Gasteiger partial charge >= 0.3 is 5.97 Å². The van der Waals surface area contributed by atoms with E-state index in [2.05, 4.69) is 10.1 Å². The summed E-state index contributed by atoms with van der Waals surface area (Å²) < 4.78 is 4.66. The standard InChI is InChI=1S/C16H19ClN2O4/c1-16(2,15(22)23-3)18-14(21)10-8-13(20)19(9-10)12-6-4-11(17)5-7-12/h4-7,10H,8-9H2,1-3H3,(H,18,21). The van der Waals surface area contributed by atoms with Gasteiger partial charge in [0.1, 0.15) is 5.54 Å². The van der Waals surface area contributed by atoms with E-state index in [9.17, 15) is 14.4 Å². The van der Waals surface area contributed by atoms with Crippen LogP contribution in [0, 0.1) is 5.92 Å². The second kappa shape index (κ2) is 6.58. The second-order valence-electron chi connectivity index (χ2n) is 5.99. The molecule has 1 heterocycles. The van der Waals surface area contributed by atoms with E-state index in [1.807, 2.05) is 0 Å². The molecule has 1 fully saturated rings. The summed E-state index contributed by atoms with van der Waals surface area (Å²) in [5.74, 6) is -1.53. The number of anilines is 1. The number of carbonyl (C=O) groups excluding carboxylic acids is 3. The molecule has 1 unspecified atom stereocenters. The molecule has 1 N–H and O–H groups in total. The van der Waals surface area contributed by atoms with Gasteiger partial charge < -0.3 is 15.0 Å². The lowest BCUT2D eigenvalue weighted by Crippen LogP contribution is -2.52. The number of amides is 2. The normalized spacial score (nSPS) is 18.0. The van der Waals surface area contributed by atoms with Crippen molar-refractivity contribution in [2.75, 3.05) is 18.6 Å². The van der Waals surface area contributed by atoms with Crippen molar-refractivity contribution in [2.24, 2.45) is 5.92 Å². The zero-order valence-corrected chi connectivity index (χ0v) is 14.0. The number of rotatable bonds is 4. The van der Waals surface area contributed by atoms with Crippen LogP contribution < -0.4 is 10.2 Å². The highest BCUT2D eigenvalue weighted by Gasteiger charge is 2.39. The molecule has 1 aliphatic rings. The van der Waals surface area contributed by atoms with E-state index >= 15 is 0 Å². The average molecular weight is 339 g/mol. The summed E-state index contributed by atoms with van der Waals surface area (Å²) in [6, 6.07) is 6.85. The maximum Gasteiger partial charge on any atom is 0.330 e. The lowest BCUT2D eigenvalue weighted by molar-refractivity contribution is -0.149. The van der Waals surface area contributed by atoms with Gasteiger partial charge in [-0.1, -0.05) is 11.6 Å². The average Bonchev–Trinajstić information content (AvgIpc) is 2.89. The van der Waals surface area contributed by atoms with E-state index in [1.54, 1.807) is 43.0 Å². The molecule has 124 valence electrons. The van der Waals surface area contributed by atoms with Crippen LogP contribution in [-0.4, -0.2) is 37.0 Å². The predicted octanol–water partition coefficient (Wildman–Crippen LogP) is 1.76. The van der Waals surface area contributed by atoms with Crippen molar-refractivity contribution in [3.63, 3.8) is 0 Å². The first kappa shape index (κ1) is 17.3. The molecule has 1 saturated heterocycles. The lowest BCUT2D eigenvalue weighted by Gasteiger charge is -2.25. The summed E-state index contributed by atoms with van der Waals surface area (Å²) in [5.41, 5.74) is -0.440. The van der Waals surface area contributed by atoms with Gasteiger partial charge in [-0.15, -0.1) is 0 Å². The molecule has 1 atom stereocenters. The van der Waals surface area contributed by atoms with E-state index in [0.29, 0.717) is 10.7 Å². The third-order valence-electron chi connectivity index (χ3n) is 3.77. The Hall–Kier alpha value is -2.08. The van der Waals surface area contributed by atoms with Crippen LogP contribution >= 0.6 is 11.6 Å². The van der Waals surface area contributed by atoms with Gasteiger partial charge in [-0.2, -0.15) is 0 Å². The number of benzene rings is 1. The maximum atomic E-state index is 12.3. The summed E-state index contributed by atoms with van der Waals surface area (Å²) in [4.78, 5) is 37.7. The Morgan fingerprint density at radius 1 is 1.30 bits per heavy atom. The Bertz CT molecular complexity index is 627. The third kappa shape index (κ3) is 3.82. The van der Waals surface area contributed by atoms with Crippen LogP contribution in [0.1, 0.15) is 20.3 Å². The van der Waals surface area contributed by atoms with E-state index in [-0.39, 0.29) is 24.8 Å². The van der Waals surface area contributed by atoms with Crippen molar-refractivity contribution in [1.29, 1.82) is 0 Å². The van der Waals surface area contributed by atoms with Crippen molar-refractivity contribution in [2.45, 2.75) is 25.8 Å². The number of nitrogens with one attached hydrogen (secondary N) is 1. The quantitative estimate of drug-likeness (QED) is 0.849. The van der Waals surface area contributed by atoms with Crippen LogP contribution in [0.4, 0.5) is 5.69 Å². The highest BCUT2D eigenvalue weighted by Crippen LogP contribution is 2.26. The van der Waals surface area contributed by atoms with Gasteiger partial charge in [0.05, 0.1) is 13.0 Å². The fourth-order valence-corrected chi connectivity index (χ4v) is 2.60. The summed E-state index contributed by atoms with van der Waals surface area (Å²) >= 11 is 5.84. The maximum absolute atomic E-state index is 12.3. The van der Waals surface area contributed by atoms with Gasteiger partial charge in [-0.3, -0.25) is 9.59 Å². The van der Waals surface area contributed by atoms with Crippen molar-refractivity contribution in [3.8, 4) is 0 Å². The number of methoxy groups -OCH3 is 1. The first-order valence-corrected chi connectivity index (χ1v) is 7.59. The van der Waals surface area contributed by atoms with E-state index in [4.69, 9.17) is 11.6 Å². The largest absolute Gasteiger partial charge is 0.467 e. The second-order valence-corrected chi connectivity index (χ2v) is 6.42. The van der Waals surface area contributed by atoms with Gasteiger partial charge in [0.25, 0.3) is 0 Å². The summed E-state index contributed by atoms with van der Waals surface area (Å²) in [6.45, 7) is 3.39. The SMILES string of the molecule is COC(=O)C(C)(C)NC(=O)C1CC(=O)N(c2ccc(Cl)cc2)C1.